The van der Waals surface area contributed by atoms with E-state index >= 15 is 0 Å². The molecule has 0 spiro atoms. The van der Waals surface area contributed by atoms with Crippen LogP contribution in [0.15, 0.2) is 42.7 Å². The molecular formula is C18H16IN5O. The fraction of sp³-hybridized carbons (Fsp3) is 0.222. The summed E-state index contributed by atoms with van der Waals surface area (Å²) < 4.78 is 4.48. The Morgan fingerprint density at radius 3 is 2.84 bits per heavy atom. The quantitative estimate of drug-likeness (QED) is 0.444. The Bertz CT molecular complexity index is 966. The van der Waals surface area contributed by atoms with E-state index in [1.165, 1.54) is 0 Å². The molecule has 1 atom stereocenters. The monoisotopic (exact) mass is 445 g/mol. The minimum Gasteiger partial charge on any atom is -0.293 e. The molecule has 0 aliphatic carbocycles. The molecule has 0 saturated heterocycles. The van der Waals surface area contributed by atoms with Gasteiger partial charge in [0.1, 0.15) is 11.8 Å². The van der Waals surface area contributed by atoms with Crippen molar-refractivity contribution in [3.63, 3.8) is 0 Å². The summed E-state index contributed by atoms with van der Waals surface area (Å²) in [5.74, 6) is -0.00216. The fourth-order valence-electron chi connectivity index (χ4n) is 2.67. The maximum absolute atomic E-state index is 11.7. The molecule has 0 amide bonds. The van der Waals surface area contributed by atoms with Crippen LogP contribution < -0.4 is 0 Å². The highest BCUT2D eigenvalue weighted by atomic mass is 127. The van der Waals surface area contributed by atoms with Gasteiger partial charge in [0.2, 0.25) is 0 Å². The Hall–Kier alpha value is -2.47. The maximum atomic E-state index is 11.7. The molecule has 0 bridgehead atoms. The molecule has 0 N–H and O–H groups in total. The number of nitrogens with zero attached hydrogens (tertiary/aromatic N) is 5. The van der Waals surface area contributed by atoms with Gasteiger partial charge in [-0.3, -0.25) is 14.2 Å². The molecule has 126 valence electrons. The zero-order valence-corrected chi connectivity index (χ0v) is 16.0. The third kappa shape index (κ3) is 3.64. The predicted octanol–water partition coefficient (Wildman–Crippen LogP) is 3.69. The van der Waals surface area contributed by atoms with Crippen LogP contribution in [0.4, 0.5) is 0 Å². The maximum Gasteiger partial charge on any atom is 0.177 e. The third-order valence-electron chi connectivity index (χ3n) is 3.93. The second-order valence-corrected chi connectivity index (χ2v) is 6.96. The Kier molecular flexibility index (Phi) is 4.99. The number of hydrogen-bond donors (Lipinski definition) is 0. The SMILES string of the molecule is CC(=O)c1ccnn1[C@@H](C)Cn1ccc(-c2ccc(C#N)c(I)c2)n1. The van der Waals surface area contributed by atoms with Gasteiger partial charge in [0.05, 0.1) is 23.8 Å². The zero-order valence-electron chi connectivity index (χ0n) is 13.8. The molecule has 2 aromatic heterocycles. The summed E-state index contributed by atoms with van der Waals surface area (Å²) in [5, 5.41) is 17.9. The van der Waals surface area contributed by atoms with E-state index in [2.05, 4.69) is 38.9 Å². The standard InChI is InChI=1S/C18H16IN5O/c1-12(24-18(13(2)25)5-7-21-24)11-23-8-6-17(22-23)14-3-4-15(10-20)16(19)9-14/h3-9,12H,11H2,1-2H3/t12-/m0/s1. The van der Waals surface area contributed by atoms with E-state index in [1.54, 1.807) is 23.9 Å². The van der Waals surface area contributed by atoms with Gasteiger partial charge < -0.3 is 0 Å². The van der Waals surface area contributed by atoms with Crippen LogP contribution in [-0.2, 0) is 6.54 Å². The lowest BCUT2D eigenvalue weighted by Crippen LogP contribution is -2.18. The highest BCUT2D eigenvalue weighted by Gasteiger charge is 2.14. The molecule has 25 heavy (non-hydrogen) atoms. The molecule has 3 aromatic rings. The van der Waals surface area contributed by atoms with E-state index in [0.29, 0.717) is 17.8 Å². The van der Waals surface area contributed by atoms with Crippen molar-refractivity contribution in [2.75, 3.05) is 0 Å². The number of Topliss-reactive ketones (excluding diaryl/α,β-unsaturated/α-hetero) is 1. The highest BCUT2D eigenvalue weighted by Crippen LogP contribution is 2.22. The highest BCUT2D eigenvalue weighted by molar-refractivity contribution is 14.1. The summed E-state index contributed by atoms with van der Waals surface area (Å²) in [7, 11) is 0. The molecule has 1 aromatic carbocycles. The van der Waals surface area contributed by atoms with E-state index in [9.17, 15) is 4.79 Å². The number of halogens is 1. The van der Waals surface area contributed by atoms with Crippen molar-refractivity contribution in [2.24, 2.45) is 0 Å². The van der Waals surface area contributed by atoms with Gasteiger partial charge >= 0.3 is 0 Å². The molecule has 0 saturated carbocycles. The molecule has 0 aliphatic rings. The van der Waals surface area contributed by atoms with Crippen molar-refractivity contribution >= 4 is 28.4 Å². The molecular weight excluding hydrogens is 429 g/mol. The van der Waals surface area contributed by atoms with Gasteiger partial charge in [0.15, 0.2) is 5.78 Å². The first-order valence-electron chi connectivity index (χ1n) is 7.77. The van der Waals surface area contributed by atoms with Gasteiger partial charge in [-0.1, -0.05) is 6.07 Å². The van der Waals surface area contributed by atoms with E-state index in [-0.39, 0.29) is 11.8 Å². The van der Waals surface area contributed by atoms with Crippen LogP contribution in [0.5, 0.6) is 0 Å². The van der Waals surface area contributed by atoms with Crippen molar-refractivity contribution in [3.05, 3.63) is 57.6 Å². The van der Waals surface area contributed by atoms with Gasteiger partial charge in [-0.2, -0.15) is 15.5 Å². The molecule has 0 aliphatic heterocycles. The second kappa shape index (κ2) is 7.19. The number of aromatic nitrogens is 4. The van der Waals surface area contributed by atoms with Crippen LogP contribution in [0.3, 0.4) is 0 Å². The van der Waals surface area contributed by atoms with Crippen LogP contribution in [0.2, 0.25) is 0 Å². The van der Waals surface area contributed by atoms with Gasteiger partial charge in [0, 0.05) is 28.5 Å². The first-order valence-corrected chi connectivity index (χ1v) is 8.85. The van der Waals surface area contributed by atoms with Crippen molar-refractivity contribution < 1.29 is 4.79 Å². The summed E-state index contributed by atoms with van der Waals surface area (Å²) in [5.41, 5.74) is 3.08. The van der Waals surface area contributed by atoms with Crippen LogP contribution in [0.25, 0.3) is 11.3 Å². The normalized spacial score (nSPS) is 11.9. The molecule has 7 heteroatoms. The number of nitriles is 1. The van der Waals surface area contributed by atoms with Gasteiger partial charge in [-0.25, -0.2) is 0 Å². The number of rotatable bonds is 5. The minimum absolute atomic E-state index is 0.00216. The Balaban J connectivity index is 1.80. The Labute approximate surface area is 159 Å². The predicted molar refractivity (Wildman–Crippen MR) is 102 cm³/mol. The van der Waals surface area contributed by atoms with Crippen molar-refractivity contribution in [3.8, 4) is 17.3 Å². The molecule has 0 fully saturated rings. The molecule has 0 unspecified atom stereocenters. The van der Waals surface area contributed by atoms with E-state index < -0.39 is 0 Å². The largest absolute Gasteiger partial charge is 0.293 e. The third-order valence-corrected chi connectivity index (χ3v) is 4.82. The smallest absolute Gasteiger partial charge is 0.177 e. The summed E-state index contributed by atoms with van der Waals surface area (Å²) in [6, 6.07) is 11.5. The molecule has 2 heterocycles. The van der Waals surface area contributed by atoms with Gasteiger partial charge in [-0.05, 0) is 53.8 Å². The van der Waals surface area contributed by atoms with Crippen molar-refractivity contribution in [1.29, 1.82) is 5.26 Å². The van der Waals surface area contributed by atoms with Crippen LogP contribution in [0.1, 0.15) is 35.9 Å². The topological polar surface area (TPSA) is 76.5 Å². The summed E-state index contributed by atoms with van der Waals surface area (Å²) in [4.78, 5) is 11.7. The zero-order chi connectivity index (χ0) is 18.0. The van der Waals surface area contributed by atoms with Crippen LogP contribution in [-0.4, -0.2) is 25.3 Å². The molecule has 0 radical (unpaired) electrons. The Morgan fingerprint density at radius 1 is 1.36 bits per heavy atom. The van der Waals surface area contributed by atoms with Crippen LogP contribution in [0, 0.1) is 14.9 Å². The summed E-state index contributed by atoms with van der Waals surface area (Å²) >= 11 is 2.16. The van der Waals surface area contributed by atoms with Crippen LogP contribution >= 0.6 is 22.6 Å². The second-order valence-electron chi connectivity index (χ2n) is 5.80. The van der Waals surface area contributed by atoms with Crippen molar-refractivity contribution in [2.45, 2.75) is 26.4 Å². The van der Waals surface area contributed by atoms with Gasteiger partial charge in [-0.15, -0.1) is 0 Å². The number of carbonyl (C=O) groups excluding carboxylic acids is 1. The number of hydrogen-bond acceptors (Lipinski definition) is 4. The molecule has 6 nitrogen and oxygen atoms in total. The van der Waals surface area contributed by atoms with Crippen molar-refractivity contribution in [1.82, 2.24) is 19.6 Å². The Morgan fingerprint density at radius 2 is 2.16 bits per heavy atom. The summed E-state index contributed by atoms with van der Waals surface area (Å²) in [6.07, 6.45) is 3.55. The first kappa shape index (κ1) is 17.4. The first-order chi connectivity index (χ1) is 12.0. The lowest BCUT2D eigenvalue weighted by atomic mass is 10.1. The number of ketones is 1. The van der Waals surface area contributed by atoms with E-state index in [4.69, 9.17) is 5.26 Å². The lowest BCUT2D eigenvalue weighted by Gasteiger charge is -2.14. The average Bonchev–Trinajstić information content (AvgIpc) is 3.24. The molecule has 3 rings (SSSR count). The summed E-state index contributed by atoms with van der Waals surface area (Å²) in [6.45, 7) is 4.15. The number of carbonyl (C=O) groups is 1. The van der Waals surface area contributed by atoms with Gasteiger partial charge in [0.25, 0.3) is 0 Å². The minimum atomic E-state index is -0.00216. The lowest BCUT2D eigenvalue weighted by molar-refractivity contribution is 0.1000. The number of benzene rings is 1. The fourth-order valence-corrected chi connectivity index (χ4v) is 3.31. The average molecular weight is 445 g/mol. The van der Waals surface area contributed by atoms with E-state index in [1.807, 2.05) is 42.1 Å². The van der Waals surface area contributed by atoms with E-state index in [0.717, 1.165) is 14.8 Å².